The maximum Gasteiger partial charge on any atom is 0.234 e. The van der Waals surface area contributed by atoms with Crippen LogP contribution in [0.5, 0.6) is 0 Å². The molecule has 0 spiro atoms. The van der Waals surface area contributed by atoms with Crippen LogP contribution in [0.25, 0.3) is 0 Å². The molecule has 2 aliphatic rings. The fourth-order valence-corrected chi connectivity index (χ4v) is 3.81. The van der Waals surface area contributed by atoms with Crippen LogP contribution in [0.2, 0.25) is 0 Å². The summed E-state index contributed by atoms with van der Waals surface area (Å²) in [6.07, 6.45) is 3.70. The Morgan fingerprint density at radius 2 is 1.76 bits per heavy atom. The lowest BCUT2D eigenvalue weighted by atomic mass is 9.78. The van der Waals surface area contributed by atoms with Gasteiger partial charge in [-0.2, -0.15) is 0 Å². The molecule has 0 bridgehead atoms. The van der Waals surface area contributed by atoms with Crippen molar-refractivity contribution in [3.63, 3.8) is 0 Å². The van der Waals surface area contributed by atoms with Crippen LogP contribution in [0.15, 0.2) is 0 Å². The lowest BCUT2D eigenvalue weighted by Gasteiger charge is -2.37. The highest BCUT2D eigenvalue weighted by atomic mass is 35.5. The highest BCUT2D eigenvalue weighted by Gasteiger charge is 2.29. The average Bonchev–Trinajstić information content (AvgIpc) is 2.33. The Bertz CT molecular complexity index is 329. The Morgan fingerprint density at radius 1 is 1.14 bits per heavy atom. The number of nitrogens with zero attached hydrogens (tertiary/aromatic N) is 1. The molecule has 0 aromatic carbocycles. The highest BCUT2D eigenvalue weighted by molar-refractivity contribution is 5.85. The first-order valence-corrected chi connectivity index (χ1v) is 8.23. The summed E-state index contributed by atoms with van der Waals surface area (Å²) in [5.41, 5.74) is 0. The minimum Gasteiger partial charge on any atom is -0.352 e. The predicted octanol–water partition coefficient (Wildman–Crippen LogP) is 2.03. The number of halogens is 1. The molecule has 124 valence electrons. The van der Waals surface area contributed by atoms with Crippen molar-refractivity contribution in [2.24, 2.45) is 11.8 Å². The molecule has 1 heterocycles. The van der Waals surface area contributed by atoms with Crippen LogP contribution in [0.4, 0.5) is 0 Å². The lowest BCUT2D eigenvalue weighted by Crippen LogP contribution is -2.56. The molecule has 5 heteroatoms. The molecular weight excluding hydrogens is 286 g/mol. The summed E-state index contributed by atoms with van der Waals surface area (Å²) < 4.78 is 0. The summed E-state index contributed by atoms with van der Waals surface area (Å²) in [7, 11) is 0. The van der Waals surface area contributed by atoms with Crippen LogP contribution in [-0.2, 0) is 4.79 Å². The van der Waals surface area contributed by atoms with Gasteiger partial charge < -0.3 is 10.6 Å². The predicted molar refractivity (Wildman–Crippen MR) is 89.9 cm³/mol. The van der Waals surface area contributed by atoms with Gasteiger partial charge in [0.25, 0.3) is 0 Å². The molecule has 2 rings (SSSR count). The summed E-state index contributed by atoms with van der Waals surface area (Å²) >= 11 is 0. The van der Waals surface area contributed by atoms with Gasteiger partial charge in [-0.05, 0) is 32.1 Å². The van der Waals surface area contributed by atoms with Crippen LogP contribution in [0.3, 0.4) is 0 Å². The van der Waals surface area contributed by atoms with E-state index in [0.717, 1.165) is 25.4 Å². The van der Waals surface area contributed by atoms with Crippen molar-refractivity contribution in [3.8, 4) is 0 Å². The van der Waals surface area contributed by atoms with Crippen molar-refractivity contribution in [1.82, 2.24) is 15.5 Å². The second-order valence-corrected chi connectivity index (χ2v) is 7.10. The monoisotopic (exact) mass is 317 g/mol. The molecular formula is C16H32ClN3O. The van der Waals surface area contributed by atoms with Crippen molar-refractivity contribution in [2.45, 2.75) is 65.1 Å². The fraction of sp³-hybridized carbons (Fsp3) is 0.938. The van der Waals surface area contributed by atoms with E-state index in [0.29, 0.717) is 30.6 Å². The number of carbonyl (C=O) groups is 1. The standard InChI is InChI=1S/C16H31N3O.ClH/c1-11-6-5-7-15(14(11)4)18-16(20)10-19-8-12(2)17-13(3)9-19;/h11-15,17H,5-10H2,1-4H3,(H,18,20);1H. The summed E-state index contributed by atoms with van der Waals surface area (Å²) in [6.45, 7) is 11.4. The third kappa shape index (κ3) is 5.42. The van der Waals surface area contributed by atoms with E-state index in [1.165, 1.54) is 12.8 Å². The van der Waals surface area contributed by atoms with Gasteiger partial charge in [-0.25, -0.2) is 0 Å². The van der Waals surface area contributed by atoms with Crippen LogP contribution in [0, 0.1) is 11.8 Å². The van der Waals surface area contributed by atoms with Gasteiger partial charge in [0.2, 0.25) is 5.91 Å². The molecule has 1 aliphatic heterocycles. The first kappa shape index (κ1) is 18.7. The minimum atomic E-state index is 0. The maximum absolute atomic E-state index is 12.3. The van der Waals surface area contributed by atoms with Gasteiger partial charge in [0.05, 0.1) is 6.54 Å². The van der Waals surface area contributed by atoms with Crippen LogP contribution in [-0.4, -0.2) is 48.6 Å². The maximum atomic E-state index is 12.3. The van der Waals surface area contributed by atoms with Crippen LogP contribution < -0.4 is 10.6 Å². The molecule has 0 radical (unpaired) electrons. The van der Waals surface area contributed by atoms with Gasteiger partial charge in [-0.1, -0.05) is 26.7 Å². The molecule has 1 saturated carbocycles. The molecule has 2 N–H and O–H groups in total. The second-order valence-electron chi connectivity index (χ2n) is 7.10. The van der Waals surface area contributed by atoms with Crippen LogP contribution >= 0.6 is 12.4 Å². The molecule has 1 amide bonds. The molecule has 5 unspecified atom stereocenters. The number of piperazine rings is 1. The zero-order valence-electron chi connectivity index (χ0n) is 13.9. The first-order chi connectivity index (χ1) is 9.45. The SMILES string of the molecule is CC1CN(CC(=O)NC2CCCC(C)C2C)CC(C)N1.Cl. The Kier molecular flexibility index (Phi) is 7.45. The molecule has 0 aromatic heterocycles. The van der Waals surface area contributed by atoms with Gasteiger partial charge in [-0.3, -0.25) is 9.69 Å². The largest absolute Gasteiger partial charge is 0.352 e. The number of rotatable bonds is 3. The fourth-order valence-electron chi connectivity index (χ4n) is 3.81. The Labute approximate surface area is 135 Å². The molecule has 4 nitrogen and oxygen atoms in total. The minimum absolute atomic E-state index is 0. The summed E-state index contributed by atoms with van der Waals surface area (Å²) in [5.74, 6) is 1.54. The van der Waals surface area contributed by atoms with E-state index in [1.54, 1.807) is 0 Å². The quantitative estimate of drug-likeness (QED) is 0.837. The second kappa shape index (κ2) is 8.35. The van der Waals surface area contributed by atoms with Gasteiger partial charge in [0.1, 0.15) is 0 Å². The van der Waals surface area contributed by atoms with Gasteiger partial charge in [0, 0.05) is 31.2 Å². The zero-order chi connectivity index (χ0) is 14.7. The molecule has 2 fully saturated rings. The van der Waals surface area contributed by atoms with E-state index in [-0.39, 0.29) is 18.3 Å². The molecule has 0 aromatic rings. The van der Waals surface area contributed by atoms with Crippen molar-refractivity contribution < 1.29 is 4.79 Å². The van der Waals surface area contributed by atoms with Gasteiger partial charge in [0.15, 0.2) is 0 Å². The number of carbonyl (C=O) groups excluding carboxylic acids is 1. The third-order valence-electron chi connectivity index (χ3n) is 5.05. The van der Waals surface area contributed by atoms with E-state index in [9.17, 15) is 4.79 Å². The molecule has 1 aliphatic carbocycles. The molecule has 5 atom stereocenters. The molecule has 1 saturated heterocycles. The number of amides is 1. The van der Waals surface area contributed by atoms with Gasteiger partial charge in [-0.15, -0.1) is 12.4 Å². The third-order valence-corrected chi connectivity index (χ3v) is 5.05. The summed E-state index contributed by atoms with van der Waals surface area (Å²) in [4.78, 5) is 14.5. The van der Waals surface area contributed by atoms with Crippen molar-refractivity contribution in [3.05, 3.63) is 0 Å². The Morgan fingerprint density at radius 3 is 2.38 bits per heavy atom. The van der Waals surface area contributed by atoms with E-state index in [2.05, 4.69) is 43.2 Å². The van der Waals surface area contributed by atoms with E-state index in [4.69, 9.17) is 0 Å². The van der Waals surface area contributed by atoms with Crippen molar-refractivity contribution in [2.75, 3.05) is 19.6 Å². The number of hydrogen-bond acceptors (Lipinski definition) is 3. The number of hydrogen-bond donors (Lipinski definition) is 2. The zero-order valence-corrected chi connectivity index (χ0v) is 14.7. The smallest absolute Gasteiger partial charge is 0.234 e. The van der Waals surface area contributed by atoms with Crippen LogP contribution in [0.1, 0.15) is 47.0 Å². The first-order valence-electron chi connectivity index (χ1n) is 8.23. The Hall–Kier alpha value is -0.320. The Balaban J connectivity index is 0.00000220. The van der Waals surface area contributed by atoms with Crippen molar-refractivity contribution >= 4 is 18.3 Å². The van der Waals surface area contributed by atoms with E-state index in [1.807, 2.05) is 0 Å². The normalized spacial score (nSPS) is 37.6. The van der Waals surface area contributed by atoms with Crippen molar-refractivity contribution in [1.29, 1.82) is 0 Å². The number of nitrogens with one attached hydrogen (secondary N) is 2. The van der Waals surface area contributed by atoms with Gasteiger partial charge >= 0.3 is 0 Å². The lowest BCUT2D eigenvalue weighted by molar-refractivity contribution is -0.124. The topological polar surface area (TPSA) is 44.4 Å². The summed E-state index contributed by atoms with van der Waals surface area (Å²) in [6, 6.07) is 1.32. The molecule has 21 heavy (non-hydrogen) atoms. The average molecular weight is 318 g/mol. The summed E-state index contributed by atoms with van der Waals surface area (Å²) in [5, 5.41) is 6.78. The van der Waals surface area contributed by atoms with E-state index >= 15 is 0 Å². The highest BCUT2D eigenvalue weighted by Crippen LogP contribution is 2.29. The van der Waals surface area contributed by atoms with E-state index < -0.39 is 0 Å².